The molecule has 7 heteroatoms. The third-order valence-corrected chi connectivity index (χ3v) is 4.38. The lowest BCUT2D eigenvalue weighted by atomic mass is 10.1. The number of ether oxygens (including phenoxy) is 1. The number of halogens is 1. The maximum atomic E-state index is 12.1. The summed E-state index contributed by atoms with van der Waals surface area (Å²) in [5, 5.41) is 4.04. The van der Waals surface area contributed by atoms with Crippen LogP contribution in [0, 0.1) is 0 Å². The Bertz CT molecular complexity index is 835. The first-order valence-corrected chi connectivity index (χ1v) is 7.74. The number of carbonyl (C=O) groups is 1. The highest BCUT2D eigenvalue weighted by Gasteiger charge is 2.14. The summed E-state index contributed by atoms with van der Waals surface area (Å²) in [7, 11) is 1.57. The lowest BCUT2D eigenvalue weighted by molar-refractivity contribution is 0.0955. The van der Waals surface area contributed by atoms with E-state index in [9.17, 15) is 4.79 Å². The van der Waals surface area contributed by atoms with Crippen LogP contribution in [0.1, 0.15) is 15.2 Å². The molecule has 112 valence electrons. The molecule has 0 atom stereocenters. The Hall–Kier alpha value is -2.18. The Morgan fingerprint density at radius 1 is 1.41 bits per heavy atom. The van der Waals surface area contributed by atoms with Crippen molar-refractivity contribution in [3.05, 3.63) is 51.4 Å². The number of aromatic nitrogens is 2. The van der Waals surface area contributed by atoms with Gasteiger partial charge in [-0.2, -0.15) is 0 Å². The standard InChI is InChI=1S/C15H12ClN3O2S/c1-21-12-6-9(10-4-2-3-5-11(10)19-12)7-17-15(20)13-14(16)18-8-22-13/h2-6,8H,7H2,1H3,(H,17,20). The van der Waals surface area contributed by atoms with E-state index in [1.54, 1.807) is 12.6 Å². The van der Waals surface area contributed by atoms with E-state index < -0.39 is 0 Å². The van der Waals surface area contributed by atoms with Crippen LogP contribution in [-0.4, -0.2) is 23.0 Å². The Balaban J connectivity index is 1.87. The first kappa shape index (κ1) is 14.7. The van der Waals surface area contributed by atoms with Crippen LogP contribution in [0.4, 0.5) is 0 Å². The number of thiazole rings is 1. The smallest absolute Gasteiger partial charge is 0.264 e. The van der Waals surface area contributed by atoms with Crippen molar-refractivity contribution < 1.29 is 9.53 Å². The minimum absolute atomic E-state index is 0.222. The third kappa shape index (κ3) is 2.88. The second-order valence-electron chi connectivity index (χ2n) is 4.50. The van der Waals surface area contributed by atoms with Crippen molar-refractivity contribution in [2.75, 3.05) is 7.11 Å². The number of hydrogen-bond acceptors (Lipinski definition) is 5. The highest BCUT2D eigenvalue weighted by Crippen LogP contribution is 2.22. The molecule has 0 aliphatic carbocycles. The number of benzene rings is 1. The number of rotatable bonds is 4. The summed E-state index contributed by atoms with van der Waals surface area (Å²) < 4.78 is 5.21. The van der Waals surface area contributed by atoms with Gasteiger partial charge in [0.15, 0.2) is 5.15 Å². The fourth-order valence-electron chi connectivity index (χ4n) is 2.11. The van der Waals surface area contributed by atoms with Crippen LogP contribution in [0.25, 0.3) is 10.9 Å². The maximum Gasteiger partial charge on any atom is 0.264 e. The molecule has 1 N–H and O–H groups in total. The van der Waals surface area contributed by atoms with Crippen LogP contribution >= 0.6 is 22.9 Å². The van der Waals surface area contributed by atoms with E-state index in [2.05, 4.69) is 15.3 Å². The quantitative estimate of drug-likeness (QED) is 0.795. The Labute approximate surface area is 135 Å². The Morgan fingerprint density at radius 2 is 2.23 bits per heavy atom. The number of hydrogen-bond donors (Lipinski definition) is 1. The fourth-order valence-corrected chi connectivity index (χ4v) is 3.03. The van der Waals surface area contributed by atoms with E-state index in [1.165, 1.54) is 11.3 Å². The molecular formula is C15H12ClN3O2S. The molecule has 0 aliphatic heterocycles. The SMILES string of the molecule is COc1cc(CNC(=O)c2scnc2Cl)c2ccccc2n1. The number of amides is 1. The van der Waals surface area contributed by atoms with Gasteiger partial charge in [0.05, 0.1) is 18.1 Å². The minimum Gasteiger partial charge on any atom is -0.481 e. The predicted molar refractivity (Wildman–Crippen MR) is 86.6 cm³/mol. The molecule has 1 aromatic carbocycles. The van der Waals surface area contributed by atoms with E-state index in [1.807, 2.05) is 30.3 Å². The first-order valence-electron chi connectivity index (χ1n) is 6.49. The molecule has 0 spiro atoms. The molecular weight excluding hydrogens is 322 g/mol. The minimum atomic E-state index is -0.243. The normalized spacial score (nSPS) is 10.6. The van der Waals surface area contributed by atoms with Gasteiger partial charge in [-0.3, -0.25) is 4.79 Å². The van der Waals surface area contributed by atoms with Gasteiger partial charge in [-0.05, 0) is 11.6 Å². The molecule has 0 unspecified atom stereocenters. The van der Waals surface area contributed by atoms with Crippen LogP contribution in [0.5, 0.6) is 5.88 Å². The molecule has 0 bridgehead atoms. The molecule has 1 amide bonds. The third-order valence-electron chi connectivity index (χ3n) is 3.16. The summed E-state index contributed by atoms with van der Waals surface area (Å²) in [6.07, 6.45) is 0. The molecule has 22 heavy (non-hydrogen) atoms. The lowest BCUT2D eigenvalue weighted by Crippen LogP contribution is -2.22. The fraction of sp³-hybridized carbons (Fsp3) is 0.133. The molecule has 5 nitrogen and oxygen atoms in total. The zero-order valence-corrected chi connectivity index (χ0v) is 13.2. The topological polar surface area (TPSA) is 64.1 Å². The summed E-state index contributed by atoms with van der Waals surface area (Å²) in [6.45, 7) is 0.354. The molecule has 3 aromatic rings. The van der Waals surface area contributed by atoms with Crippen molar-refractivity contribution in [2.45, 2.75) is 6.54 Å². The van der Waals surface area contributed by atoms with Crippen molar-refractivity contribution in [3.63, 3.8) is 0 Å². The zero-order valence-electron chi connectivity index (χ0n) is 11.7. The number of carbonyl (C=O) groups excluding carboxylic acids is 1. The first-order chi connectivity index (χ1) is 10.7. The van der Waals surface area contributed by atoms with Crippen molar-refractivity contribution in [2.24, 2.45) is 0 Å². The number of fused-ring (bicyclic) bond motifs is 1. The van der Waals surface area contributed by atoms with Crippen LogP contribution in [0.2, 0.25) is 5.15 Å². The van der Waals surface area contributed by atoms with Gasteiger partial charge in [-0.1, -0.05) is 29.8 Å². The zero-order chi connectivity index (χ0) is 15.5. The second-order valence-corrected chi connectivity index (χ2v) is 5.71. The Kier molecular flexibility index (Phi) is 4.22. The van der Waals surface area contributed by atoms with Gasteiger partial charge in [0, 0.05) is 18.0 Å². The average Bonchev–Trinajstić information content (AvgIpc) is 2.98. The van der Waals surface area contributed by atoms with E-state index in [0.29, 0.717) is 17.3 Å². The van der Waals surface area contributed by atoms with Gasteiger partial charge in [0.1, 0.15) is 4.88 Å². The number of nitrogens with one attached hydrogen (secondary N) is 1. The van der Waals surface area contributed by atoms with E-state index in [-0.39, 0.29) is 11.1 Å². The number of methoxy groups -OCH3 is 1. The Morgan fingerprint density at radius 3 is 2.95 bits per heavy atom. The van der Waals surface area contributed by atoms with Crippen LogP contribution in [0.3, 0.4) is 0 Å². The summed E-state index contributed by atoms with van der Waals surface area (Å²) in [4.78, 5) is 20.8. The van der Waals surface area contributed by atoms with Crippen molar-refractivity contribution in [1.29, 1.82) is 0 Å². The van der Waals surface area contributed by atoms with E-state index >= 15 is 0 Å². The molecule has 0 radical (unpaired) electrons. The molecule has 0 saturated heterocycles. The summed E-state index contributed by atoms with van der Waals surface area (Å²) >= 11 is 7.08. The molecule has 0 fully saturated rings. The summed E-state index contributed by atoms with van der Waals surface area (Å²) in [5.74, 6) is 0.270. The predicted octanol–water partition coefficient (Wildman–Crippen LogP) is 3.28. The highest BCUT2D eigenvalue weighted by molar-refractivity contribution is 7.12. The lowest BCUT2D eigenvalue weighted by Gasteiger charge is -2.09. The molecule has 2 aromatic heterocycles. The van der Waals surface area contributed by atoms with Crippen molar-refractivity contribution in [3.8, 4) is 5.88 Å². The van der Waals surface area contributed by atoms with Gasteiger partial charge >= 0.3 is 0 Å². The number of nitrogens with zero attached hydrogens (tertiary/aromatic N) is 2. The maximum absolute atomic E-state index is 12.1. The molecule has 0 aliphatic rings. The molecule has 0 saturated carbocycles. The molecule has 2 heterocycles. The number of pyridine rings is 1. The van der Waals surface area contributed by atoms with Gasteiger partial charge in [0.25, 0.3) is 5.91 Å². The average molecular weight is 334 g/mol. The van der Waals surface area contributed by atoms with Crippen molar-refractivity contribution >= 4 is 39.7 Å². The summed E-state index contributed by atoms with van der Waals surface area (Å²) in [5.41, 5.74) is 3.29. The highest BCUT2D eigenvalue weighted by atomic mass is 35.5. The van der Waals surface area contributed by atoms with Crippen LogP contribution in [-0.2, 0) is 6.54 Å². The van der Waals surface area contributed by atoms with Gasteiger partial charge in [-0.15, -0.1) is 11.3 Å². The van der Waals surface area contributed by atoms with Gasteiger partial charge in [0.2, 0.25) is 5.88 Å². The monoisotopic (exact) mass is 333 g/mol. The van der Waals surface area contributed by atoms with Crippen LogP contribution < -0.4 is 10.1 Å². The number of para-hydroxylation sites is 1. The summed E-state index contributed by atoms with van der Waals surface area (Å²) in [6, 6.07) is 9.53. The largest absolute Gasteiger partial charge is 0.481 e. The van der Waals surface area contributed by atoms with Gasteiger partial charge < -0.3 is 10.1 Å². The van der Waals surface area contributed by atoms with Crippen molar-refractivity contribution in [1.82, 2.24) is 15.3 Å². The van der Waals surface area contributed by atoms with E-state index in [0.717, 1.165) is 16.5 Å². The molecule has 3 rings (SSSR count). The second kappa shape index (κ2) is 6.29. The van der Waals surface area contributed by atoms with Crippen LogP contribution in [0.15, 0.2) is 35.8 Å². The van der Waals surface area contributed by atoms with Gasteiger partial charge in [-0.25, -0.2) is 9.97 Å². The van der Waals surface area contributed by atoms with E-state index in [4.69, 9.17) is 16.3 Å².